The lowest BCUT2D eigenvalue weighted by Gasteiger charge is -2.21. The van der Waals surface area contributed by atoms with Crippen molar-refractivity contribution >= 4 is 17.3 Å². The molecule has 0 saturated heterocycles. The van der Waals surface area contributed by atoms with E-state index in [2.05, 4.69) is 15.2 Å². The largest absolute Gasteiger partial charge is 0.508 e. The third-order valence-corrected chi connectivity index (χ3v) is 5.70. The average molecular weight is 375 g/mol. The molecule has 1 heterocycles. The van der Waals surface area contributed by atoms with Gasteiger partial charge in [0.25, 0.3) is 0 Å². The molecule has 0 aliphatic heterocycles. The van der Waals surface area contributed by atoms with E-state index in [0.29, 0.717) is 6.54 Å². The number of methoxy groups -OCH3 is 1. The summed E-state index contributed by atoms with van der Waals surface area (Å²) in [5.41, 5.74) is 2.05. The van der Waals surface area contributed by atoms with Gasteiger partial charge < -0.3 is 20.1 Å². The number of fused-ring (bicyclic) bond motifs is 1. The van der Waals surface area contributed by atoms with Crippen LogP contribution in [0.3, 0.4) is 0 Å². The van der Waals surface area contributed by atoms with Crippen LogP contribution in [0.15, 0.2) is 23.2 Å². The Balaban J connectivity index is 1.62. The van der Waals surface area contributed by atoms with Gasteiger partial charge in [-0.15, -0.1) is 11.3 Å². The number of aromatic hydroxyl groups is 1. The molecule has 7 heteroatoms. The molecule has 0 bridgehead atoms. The number of guanidine groups is 1. The fourth-order valence-corrected chi connectivity index (χ4v) is 4.35. The second kappa shape index (κ2) is 8.40. The summed E-state index contributed by atoms with van der Waals surface area (Å²) < 4.78 is 5.22. The minimum absolute atomic E-state index is 0.240. The normalized spacial score (nSPS) is 14.0. The summed E-state index contributed by atoms with van der Waals surface area (Å²) in [5.74, 6) is 1.72. The van der Waals surface area contributed by atoms with Gasteiger partial charge in [0.2, 0.25) is 0 Å². The van der Waals surface area contributed by atoms with Crippen LogP contribution < -0.4 is 10.1 Å². The zero-order valence-corrected chi connectivity index (χ0v) is 16.4. The number of aliphatic imine (C=N–C) groups is 1. The minimum Gasteiger partial charge on any atom is -0.508 e. The Morgan fingerprint density at radius 3 is 2.92 bits per heavy atom. The van der Waals surface area contributed by atoms with Crippen molar-refractivity contribution in [3.05, 3.63) is 39.3 Å². The van der Waals surface area contributed by atoms with Crippen molar-refractivity contribution in [2.24, 2.45) is 4.99 Å². The van der Waals surface area contributed by atoms with E-state index >= 15 is 0 Å². The molecule has 0 atom stereocenters. The Hall–Kier alpha value is -2.28. The van der Waals surface area contributed by atoms with Crippen molar-refractivity contribution in [3.8, 4) is 11.5 Å². The summed E-state index contributed by atoms with van der Waals surface area (Å²) in [4.78, 5) is 12.7. The molecule has 2 N–H and O–H groups in total. The second-order valence-corrected chi connectivity index (χ2v) is 7.60. The van der Waals surface area contributed by atoms with Crippen LogP contribution in [-0.2, 0) is 25.9 Å². The van der Waals surface area contributed by atoms with Gasteiger partial charge in [0.15, 0.2) is 5.96 Å². The molecule has 1 aromatic carbocycles. The standard InChI is InChI=1S/C19H26N4O2S/c1-20-19(21-11-13-10-14(25-3)8-9-16(13)24)23(2)12-18-22-15-6-4-5-7-17(15)26-18/h8-10,24H,4-7,11-12H2,1-3H3,(H,20,21). The molecule has 0 amide bonds. The lowest BCUT2D eigenvalue weighted by molar-refractivity contribution is 0.410. The van der Waals surface area contributed by atoms with E-state index in [1.54, 1.807) is 26.3 Å². The predicted molar refractivity (Wildman–Crippen MR) is 105 cm³/mol. The maximum atomic E-state index is 10.0. The molecule has 2 aromatic rings. The van der Waals surface area contributed by atoms with Gasteiger partial charge in [-0.2, -0.15) is 0 Å². The number of thiazole rings is 1. The van der Waals surface area contributed by atoms with Crippen LogP contribution >= 0.6 is 11.3 Å². The van der Waals surface area contributed by atoms with Crippen LogP contribution in [0.2, 0.25) is 0 Å². The average Bonchev–Trinajstić information content (AvgIpc) is 3.05. The highest BCUT2D eigenvalue weighted by Gasteiger charge is 2.17. The highest BCUT2D eigenvalue weighted by molar-refractivity contribution is 7.11. The third-order valence-electron chi connectivity index (χ3n) is 4.56. The Kier molecular flexibility index (Phi) is 5.98. The summed E-state index contributed by atoms with van der Waals surface area (Å²) in [6.07, 6.45) is 4.80. The smallest absolute Gasteiger partial charge is 0.194 e. The van der Waals surface area contributed by atoms with E-state index in [4.69, 9.17) is 9.72 Å². The van der Waals surface area contributed by atoms with E-state index < -0.39 is 0 Å². The highest BCUT2D eigenvalue weighted by atomic mass is 32.1. The van der Waals surface area contributed by atoms with E-state index in [1.807, 2.05) is 24.5 Å². The van der Waals surface area contributed by atoms with Gasteiger partial charge in [-0.05, 0) is 43.9 Å². The van der Waals surface area contributed by atoms with Crippen LogP contribution in [0.5, 0.6) is 11.5 Å². The molecule has 0 fully saturated rings. The first-order chi connectivity index (χ1) is 12.6. The molecular formula is C19H26N4O2S. The zero-order valence-electron chi connectivity index (χ0n) is 15.6. The lowest BCUT2D eigenvalue weighted by atomic mass is 10.0. The number of nitrogens with zero attached hydrogens (tertiary/aromatic N) is 3. The predicted octanol–water partition coefficient (Wildman–Crippen LogP) is 2.94. The van der Waals surface area contributed by atoms with E-state index in [0.717, 1.165) is 35.2 Å². The molecule has 0 unspecified atom stereocenters. The van der Waals surface area contributed by atoms with E-state index in [1.165, 1.54) is 29.8 Å². The number of ether oxygens (including phenoxy) is 1. The maximum absolute atomic E-state index is 10.0. The highest BCUT2D eigenvalue weighted by Crippen LogP contribution is 2.27. The Labute approximate surface area is 158 Å². The van der Waals surface area contributed by atoms with Crippen molar-refractivity contribution in [1.82, 2.24) is 15.2 Å². The first-order valence-corrected chi connectivity index (χ1v) is 9.67. The maximum Gasteiger partial charge on any atom is 0.194 e. The van der Waals surface area contributed by atoms with Crippen LogP contribution in [0.25, 0.3) is 0 Å². The molecule has 6 nitrogen and oxygen atoms in total. The first kappa shape index (κ1) is 18.5. The number of phenolic OH excluding ortho intramolecular Hbond substituents is 1. The van der Waals surface area contributed by atoms with Gasteiger partial charge in [-0.25, -0.2) is 4.98 Å². The number of nitrogens with one attached hydrogen (secondary N) is 1. The number of hydrogen-bond acceptors (Lipinski definition) is 5. The van der Waals surface area contributed by atoms with Crippen molar-refractivity contribution in [3.63, 3.8) is 0 Å². The van der Waals surface area contributed by atoms with Crippen molar-refractivity contribution < 1.29 is 9.84 Å². The van der Waals surface area contributed by atoms with Gasteiger partial charge in [-0.3, -0.25) is 4.99 Å². The topological polar surface area (TPSA) is 70.0 Å². The molecule has 140 valence electrons. The fourth-order valence-electron chi connectivity index (χ4n) is 3.14. The SMILES string of the molecule is CN=C(NCc1cc(OC)ccc1O)N(C)Cc1nc2c(s1)CCCC2. The molecule has 26 heavy (non-hydrogen) atoms. The van der Waals surface area contributed by atoms with Gasteiger partial charge >= 0.3 is 0 Å². The van der Waals surface area contributed by atoms with Crippen LogP contribution in [0.1, 0.15) is 34.0 Å². The van der Waals surface area contributed by atoms with E-state index in [-0.39, 0.29) is 5.75 Å². The summed E-state index contributed by atoms with van der Waals surface area (Å²) >= 11 is 1.82. The number of aromatic nitrogens is 1. The summed E-state index contributed by atoms with van der Waals surface area (Å²) in [5, 5.41) is 14.5. The van der Waals surface area contributed by atoms with E-state index in [9.17, 15) is 5.11 Å². The number of phenols is 1. The van der Waals surface area contributed by atoms with Crippen molar-refractivity contribution in [2.45, 2.75) is 38.8 Å². The summed E-state index contributed by atoms with van der Waals surface area (Å²) in [7, 11) is 5.38. The molecule has 1 aromatic heterocycles. The molecular weight excluding hydrogens is 348 g/mol. The second-order valence-electron chi connectivity index (χ2n) is 6.44. The number of hydrogen-bond donors (Lipinski definition) is 2. The number of rotatable bonds is 5. The summed E-state index contributed by atoms with van der Waals surface area (Å²) in [6.45, 7) is 1.19. The van der Waals surface area contributed by atoms with Crippen molar-refractivity contribution in [1.29, 1.82) is 0 Å². The molecule has 0 radical (unpaired) electrons. The zero-order chi connectivity index (χ0) is 18.5. The van der Waals surface area contributed by atoms with Crippen LogP contribution in [-0.4, -0.2) is 42.2 Å². The van der Waals surface area contributed by atoms with Gasteiger partial charge in [-0.1, -0.05) is 0 Å². The van der Waals surface area contributed by atoms with Crippen LogP contribution in [0.4, 0.5) is 0 Å². The summed E-state index contributed by atoms with van der Waals surface area (Å²) in [6, 6.07) is 5.21. The Morgan fingerprint density at radius 2 is 2.19 bits per heavy atom. The minimum atomic E-state index is 0.240. The van der Waals surface area contributed by atoms with Crippen LogP contribution in [0, 0.1) is 0 Å². The lowest BCUT2D eigenvalue weighted by Crippen LogP contribution is -2.38. The molecule has 1 aliphatic carbocycles. The molecule has 0 spiro atoms. The quantitative estimate of drug-likeness (QED) is 0.622. The Bertz CT molecular complexity index is 764. The number of benzene rings is 1. The monoisotopic (exact) mass is 374 g/mol. The van der Waals surface area contributed by atoms with Gasteiger partial charge in [0, 0.05) is 31.1 Å². The van der Waals surface area contributed by atoms with Crippen molar-refractivity contribution in [2.75, 3.05) is 21.2 Å². The molecule has 3 rings (SSSR count). The fraction of sp³-hybridized carbons (Fsp3) is 0.474. The molecule has 1 aliphatic rings. The number of aryl methyl sites for hydroxylation is 2. The van der Waals surface area contributed by atoms with Gasteiger partial charge in [0.05, 0.1) is 19.3 Å². The Morgan fingerprint density at radius 1 is 1.38 bits per heavy atom. The van der Waals surface area contributed by atoms with Gasteiger partial charge in [0.1, 0.15) is 16.5 Å². The third kappa shape index (κ3) is 4.27. The first-order valence-electron chi connectivity index (χ1n) is 8.86. The molecule has 0 saturated carbocycles.